The molecule has 0 aliphatic rings. The van der Waals surface area contributed by atoms with Crippen LogP contribution in [0.5, 0.6) is 5.75 Å². The zero-order valence-electron chi connectivity index (χ0n) is 10.8. The summed E-state index contributed by atoms with van der Waals surface area (Å²) in [6, 6.07) is 7.54. The van der Waals surface area contributed by atoms with Crippen LogP contribution in [0.3, 0.4) is 0 Å². The van der Waals surface area contributed by atoms with Crippen molar-refractivity contribution in [3.63, 3.8) is 0 Å². The van der Waals surface area contributed by atoms with E-state index in [9.17, 15) is 4.79 Å². The lowest BCUT2D eigenvalue weighted by Crippen LogP contribution is -2.18. The highest BCUT2D eigenvalue weighted by Crippen LogP contribution is 2.13. The first-order valence-electron chi connectivity index (χ1n) is 5.85. The van der Waals surface area contributed by atoms with Gasteiger partial charge < -0.3 is 15.9 Å². The minimum Gasteiger partial charge on any atom is -0.494 e. The maximum atomic E-state index is 11.0. The lowest BCUT2D eigenvalue weighted by Gasteiger charge is -2.06. The molecule has 3 N–H and O–H groups in total. The summed E-state index contributed by atoms with van der Waals surface area (Å²) in [4.78, 5) is 11.0. The van der Waals surface area contributed by atoms with E-state index in [1.165, 1.54) is 0 Å². The average molecular weight is 249 g/mol. The number of hydrogen-bond donors (Lipinski definition) is 2. The van der Waals surface area contributed by atoms with E-state index in [-0.39, 0.29) is 5.91 Å². The molecule has 5 nitrogen and oxygen atoms in total. The minimum absolute atomic E-state index is 0.0312. The molecular formula is C13H19N3O2. The molecule has 0 unspecified atom stereocenters. The van der Waals surface area contributed by atoms with Crippen molar-refractivity contribution in [1.29, 1.82) is 0 Å². The van der Waals surface area contributed by atoms with Crippen LogP contribution in [0.25, 0.3) is 0 Å². The Bertz CT molecular complexity index is 413. The summed E-state index contributed by atoms with van der Waals surface area (Å²) in [5.74, 6) is 6.01. The van der Waals surface area contributed by atoms with E-state index in [1.807, 2.05) is 31.2 Å². The molecule has 0 saturated heterocycles. The average Bonchev–Trinajstić information content (AvgIpc) is 2.43. The molecule has 0 aliphatic carbocycles. The molecule has 1 amide bonds. The van der Waals surface area contributed by atoms with Crippen molar-refractivity contribution < 1.29 is 9.53 Å². The van der Waals surface area contributed by atoms with Crippen LogP contribution >= 0.6 is 0 Å². The Morgan fingerprint density at radius 2 is 2.06 bits per heavy atom. The van der Waals surface area contributed by atoms with Crippen LogP contribution in [0.4, 0.5) is 0 Å². The molecule has 1 rings (SSSR count). The van der Waals surface area contributed by atoms with E-state index in [1.54, 1.807) is 7.05 Å². The summed E-state index contributed by atoms with van der Waals surface area (Å²) < 4.78 is 5.52. The molecule has 0 saturated carbocycles. The van der Waals surface area contributed by atoms with Gasteiger partial charge in [-0.1, -0.05) is 0 Å². The van der Waals surface area contributed by atoms with E-state index in [4.69, 9.17) is 10.6 Å². The second-order valence-corrected chi connectivity index (χ2v) is 3.86. The summed E-state index contributed by atoms with van der Waals surface area (Å²) in [5.41, 5.74) is 1.75. The predicted molar refractivity (Wildman–Crippen MR) is 71.6 cm³/mol. The molecule has 0 spiro atoms. The largest absolute Gasteiger partial charge is 0.494 e. The first kappa shape index (κ1) is 14.0. The Balaban J connectivity index is 2.38. The molecule has 98 valence electrons. The Labute approximate surface area is 107 Å². The normalized spacial score (nSPS) is 11.1. The van der Waals surface area contributed by atoms with Crippen LogP contribution in [-0.4, -0.2) is 25.3 Å². The maximum Gasteiger partial charge on any atom is 0.219 e. The number of carbonyl (C=O) groups is 1. The highest BCUT2D eigenvalue weighted by molar-refractivity contribution is 5.98. The first-order valence-corrected chi connectivity index (χ1v) is 5.85. The van der Waals surface area contributed by atoms with Gasteiger partial charge in [0, 0.05) is 13.5 Å². The van der Waals surface area contributed by atoms with Gasteiger partial charge in [0.2, 0.25) is 5.91 Å². The highest BCUT2D eigenvalue weighted by Gasteiger charge is 2.00. The lowest BCUT2D eigenvalue weighted by molar-refractivity contribution is -0.120. The number of hydrogen-bond acceptors (Lipinski definition) is 4. The molecule has 0 fully saturated rings. The third-order valence-corrected chi connectivity index (χ3v) is 2.56. The van der Waals surface area contributed by atoms with Gasteiger partial charge in [-0.05, 0) is 43.2 Å². The maximum absolute atomic E-state index is 11.0. The Morgan fingerprint density at radius 3 is 2.61 bits per heavy atom. The smallest absolute Gasteiger partial charge is 0.219 e. The number of hydrazone groups is 1. The van der Waals surface area contributed by atoms with Crippen molar-refractivity contribution in [2.45, 2.75) is 19.8 Å². The third kappa shape index (κ3) is 4.45. The number of nitrogens with two attached hydrogens (primary N) is 1. The van der Waals surface area contributed by atoms with Crippen molar-refractivity contribution in [3.05, 3.63) is 29.8 Å². The van der Waals surface area contributed by atoms with Gasteiger partial charge in [0.25, 0.3) is 0 Å². The van der Waals surface area contributed by atoms with E-state index in [2.05, 4.69) is 10.4 Å². The number of rotatable bonds is 6. The quantitative estimate of drug-likeness (QED) is 0.345. The molecule has 0 atom stereocenters. The summed E-state index contributed by atoms with van der Waals surface area (Å²) in [5, 5.41) is 6.19. The fourth-order valence-corrected chi connectivity index (χ4v) is 1.41. The van der Waals surface area contributed by atoms with Crippen LogP contribution in [-0.2, 0) is 4.79 Å². The molecule has 18 heavy (non-hydrogen) atoms. The molecule has 0 bridgehead atoms. The Hall–Kier alpha value is -2.04. The zero-order valence-corrected chi connectivity index (χ0v) is 10.8. The second-order valence-electron chi connectivity index (χ2n) is 3.86. The molecule has 1 aromatic rings. The summed E-state index contributed by atoms with van der Waals surface area (Å²) in [7, 11) is 1.63. The number of nitrogens with one attached hydrogen (secondary N) is 1. The van der Waals surface area contributed by atoms with Crippen LogP contribution in [0.15, 0.2) is 29.4 Å². The van der Waals surface area contributed by atoms with Crippen LogP contribution in [0, 0.1) is 0 Å². The summed E-state index contributed by atoms with van der Waals surface area (Å²) in [6.07, 6.45) is 1.18. The molecule has 0 aromatic heterocycles. The van der Waals surface area contributed by atoms with E-state index >= 15 is 0 Å². The van der Waals surface area contributed by atoms with Crippen molar-refractivity contribution >= 4 is 11.6 Å². The number of amides is 1. The van der Waals surface area contributed by atoms with Gasteiger partial charge in [-0.25, -0.2) is 0 Å². The van der Waals surface area contributed by atoms with Crippen LogP contribution in [0.2, 0.25) is 0 Å². The van der Waals surface area contributed by atoms with Gasteiger partial charge in [-0.15, -0.1) is 0 Å². The van der Waals surface area contributed by atoms with Gasteiger partial charge in [-0.2, -0.15) is 5.10 Å². The van der Waals surface area contributed by atoms with Gasteiger partial charge in [0.15, 0.2) is 0 Å². The van der Waals surface area contributed by atoms with Crippen molar-refractivity contribution in [1.82, 2.24) is 5.32 Å². The molecule has 1 aromatic carbocycles. The second kappa shape index (κ2) is 7.32. The summed E-state index contributed by atoms with van der Waals surface area (Å²) in [6.45, 7) is 2.37. The van der Waals surface area contributed by atoms with Crippen LogP contribution in [0.1, 0.15) is 25.3 Å². The predicted octanol–water partition coefficient (Wildman–Crippen LogP) is 1.27. The molecular weight excluding hydrogens is 230 g/mol. The van der Waals surface area contributed by atoms with E-state index < -0.39 is 0 Å². The third-order valence-electron chi connectivity index (χ3n) is 2.56. The molecule has 0 heterocycles. The Morgan fingerprint density at radius 1 is 1.39 bits per heavy atom. The summed E-state index contributed by atoms with van der Waals surface area (Å²) >= 11 is 0. The number of nitrogens with zero attached hydrogens (tertiary/aromatic N) is 1. The van der Waals surface area contributed by atoms with E-state index in [0.29, 0.717) is 19.4 Å². The van der Waals surface area contributed by atoms with Gasteiger partial charge in [0.05, 0.1) is 12.3 Å². The zero-order chi connectivity index (χ0) is 13.4. The molecule has 5 heteroatoms. The topological polar surface area (TPSA) is 76.7 Å². The van der Waals surface area contributed by atoms with Gasteiger partial charge in [0.1, 0.15) is 5.75 Å². The van der Waals surface area contributed by atoms with Crippen molar-refractivity contribution in [2.24, 2.45) is 10.9 Å². The fraction of sp³-hybridized carbons (Fsp3) is 0.385. The minimum atomic E-state index is 0.0312. The monoisotopic (exact) mass is 249 g/mol. The Kier molecular flexibility index (Phi) is 5.70. The number of carbonyl (C=O) groups excluding carboxylic acids is 1. The van der Waals surface area contributed by atoms with Crippen molar-refractivity contribution in [2.75, 3.05) is 13.7 Å². The number of ether oxygens (including phenoxy) is 1. The fourth-order valence-electron chi connectivity index (χ4n) is 1.41. The number of benzene rings is 1. The first-order chi connectivity index (χ1) is 8.67. The lowest BCUT2D eigenvalue weighted by atomic mass is 10.1. The van der Waals surface area contributed by atoms with E-state index in [0.717, 1.165) is 17.0 Å². The van der Waals surface area contributed by atoms with Crippen LogP contribution < -0.4 is 15.9 Å². The van der Waals surface area contributed by atoms with Gasteiger partial charge >= 0.3 is 0 Å². The standard InChI is InChI=1S/C13H19N3O2/c1-10(16-14)11-5-7-12(8-6-11)18-9-3-4-13(17)15-2/h5-8H,3-4,9,14H2,1-2H3,(H,15,17)/b16-10+. The highest BCUT2D eigenvalue weighted by atomic mass is 16.5. The molecule has 0 radical (unpaired) electrons. The SMILES string of the molecule is CNC(=O)CCCOc1ccc(/C(C)=N/N)cc1. The van der Waals surface area contributed by atoms with Crippen molar-refractivity contribution in [3.8, 4) is 5.75 Å². The van der Waals surface area contributed by atoms with Gasteiger partial charge in [-0.3, -0.25) is 4.79 Å². The molecule has 0 aliphatic heterocycles.